The van der Waals surface area contributed by atoms with Gasteiger partial charge < -0.3 is 20.3 Å². The number of fused-ring (bicyclic) bond motifs is 3. The normalized spacial score (nSPS) is 15.2. The zero-order valence-corrected chi connectivity index (χ0v) is 20.0. The summed E-state index contributed by atoms with van der Waals surface area (Å²) >= 11 is 2.34. The number of nitrogens with zero attached hydrogens (tertiary/aromatic N) is 1. The highest BCUT2D eigenvalue weighted by Crippen LogP contribution is 2.44. The monoisotopic (exact) mass is 539 g/mol. The van der Waals surface area contributed by atoms with E-state index in [0.29, 0.717) is 13.2 Å². The summed E-state index contributed by atoms with van der Waals surface area (Å²) in [4.78, 5) is 14.9. The summed E-state index contributed by atoms with van der Waals surface area (Å²) in [6.45, 7) is 4.78. The Morgan fingerprint density at radius 1 is 1.00 bits per heavy atom. The van der Waals surface area contributed by atoms with Crippen molar-refractivity contribution in [3.05, 3.63) is 87.0 Å². The maximum Gasteiger partial charge on any atom is 0.407 e. The Kier molecular flexibility index (Phi) is 6.32. The lowest BCUT2D eigenvalue weighted by atomic mass is 9.98. The van der Waals surface area contributed by atoms with Gasteiger partial charge in [0.25, 0.3) is 0 Å². The van der Waals surface area contributed by atoms with E-state index in [0.717, 1.165) is 31.7 Å². The van der Waals surface area contributed by atoms with E-state index in [2.05, 4.69) is 92.7 Å². The predicted octanol–water partition coefficient (Wildman–Crippen LogP) is 4.74. The smallest absolute Gasteiger partial charge is 0.407 e. The van der Waals surface area contributed by atoms with Crippen molar-refractivity contribution >= 4 is 34.4 Å². The van der Waals surface area contributed by atoms with E-state index in [-0.39, 0.29) is 12.0 Å². The van der Waals surface area contributed by atoms with Crippen LogP contribution in [0.1, 0.15) is 22.6 Å². The minimum atomic E-state index is -0.380. The average molecular weight is 539 g/mol. The minimum Gasteiger partial charge on any atom is -0.449 e. The Morgan fingerprint density at radius 2 is 1.66 bits per heavy atom. The fraction of sp³-hybridized carbons (Fsp3) is 0.269. The SMILES string of the molecule is O=C(NCc1cc(I)cc(N2CCNCC2)c1)OCC1c2ccccc2-c2ccccc21. The number of anilines is 1. The summed E-state index contributed by atoms with van der Waals surface area (Å²) in [5.41, 5.74) is 7.20. The van der Waals surface area contributed by atoms with Gasteiger partial charge in [-0.1, -0.05) is 48.5 Å². The molecule has 1 saturated heterocycles. The van der Waals surface area contributed by atoms with Crippen LogP contribution in [0, 0.1) is 3.57 Å². The molecular weight excluding hydrogens is 513 g/mol. The molecule has 0 aromatic heterocycles. The first-order chi connectivity index (χ1) is 15.7. The summed E-state index contributed by atoms with van der Waals surface area (Å²) in [5, 5.41) is 6.32. The van der Waals surface area contributed by atoms with Crippen LogP contribution in [0.25, 0.3) is 11.1 Å². The molecule has 1 aliphatic carbocycles. The van der Waals surface area contributed by atoms with E-state index in [9.17, 15) is 4.79 Å². The number of benzene rings is 3. The van der Waals surface area contributed by atoms with Gasteiger partial charge in [-0.25, -0.2) is 4.79 Å². The number of nitrogens with one attached hydrogen (secondary N) is 2. The number of carbonyl (C=O) groups is 1. The van der Waals surface area contributed by atoms with Crippen LogP contribution >= 0.6 is 22.6 Å². The van der Waals surface area contributed by atoms with Crippen molar-refractivity contribution in [2.24, 2.45) is 0 Å². The van der Waals surface area contributed by atoms with Gasteiger partial charge in [0.05, 0.1) is 0 Å². The quantitative estimate of drug-likeness (QED) is 0.461. The maximum absolute atomic E-state index is 12.5. The molecule has 0 radical (unpaired) electrons. The van der Waals surface area contributed by atoms with Gasteiger partial charge in [-0.3, -0.25) is 0 Å². The van der Waals surface area contributed by atoms with E-state index < -0.39 is 0 Å². The highest BCUT2D eigenvalue weighted by atomic mass is 127. The lowest BCUT2D eigenvalue weighted by Crippen LogP contribution is -2.43. The van der Waals surface area contributed by atoms with Crippen molar-refractivity contribution in [1.29, 1.82) is 0 Å². The zero-order valence-electron chi connectivity index (χ0n) is 17.8. The van der Waals surface area contributed by atoms with Gasteiger partial charge >= 0.3 is 6.09 Å². The van der Waals surface area contributed by atoms with Gasteiger partial charge in [-0.2, -0.15) is 0 Å². The summed E-state index contributed by atoms with van der Waals surface area (Å²) in [7, 11) is 0. The number of rotatable bonds is 5. The molecule has 1 amide bonds. The van der Waals surface area contributed by atoms with Crippen LogP contribution in [0.5, 0.6) is 0 Å². The Morgan fingerprint density at radius 3 is 2.34 bits per heavy atom. The van der Waals surface area contributed by atoms with Crippen molar-refractivity contribution in [3.8, 4) is 11.1 Å². The molecule has 5 rings (SSSR count). The molecule has 0 atom stereocenters. The van der Waals surface area contributed by atoms with Gasteiger partial charge in [0.1, 0.15) is 6.61 Å². The zero-order chi connectivity index (χ0) is 21.9. The van der Waals surface area contributed by atoms with Crippen LogP contribution in [0.15, 0.2) is 66.7 Å². The Bertz CT molecular complexity index is 1080. The van der Waals surface area contributed by atoms with E-state index >= 15 is 0 Å². The lowest BCUT2D eigenvalue weighted by molar-refractivity contribution is 0.142. The summed E-state index contributed by atoms with van der Waals surface area (Å²) in [6, 6.07) is 23.2. The molecule has 1 heterocycles. The van der Waals surface area contributed by atoms with Crippen molar-refractivity contribution in [2.45, 2.75) is 12.5 Å². The molecule has 32 heavy (non-hydrogen) atoms. The molecule has 6 heteroatoms. The van der Waals surface area contributed by atoms with E-state index in [1.165, 1.54) is 31.5 Å². The second kappa shape index (κ2) is 9.50. The first-order valence-electron chi connectivity index (χ1n) is 11.0. The first-order valence-corrected chi connectivity index (χ1v) is 12.1. The Labute approximate surface area is 202 Å². The molecule has 5 nitrogen and oxygen atoms in total. The van der Waals surface area contributed by atoms with Crippen molar-refractivity contribution in [2.75, 3.05) is 37.7 Å². The predicted molar refractivity (Wildman–Crippen MR) is 136 cm³/mol. The molecule has 1 aliphatic heterocycles. The molecule has 2 N–H and O–H groups in total. The number of ether oxygens (including phenoxy) is 1. The topological polar surface area (TPSA) is 53.6 Å². The first kappa shape index (κ1) is 21.3. The fourth-order valence-corrected chi connectivity index (χ4v) is 5.38. The summed E-state index contributed by atoms with van der Waals surface area (Å²) in [5.74, 6) is 0.0742. The molecule has 0 bridgehead atoms. The molecule has 3 aromatic carbocycles. The second-order valence-electron chi connectivity index (χ2n) is 8.23. The third-order valence-electron chi connectivity index (χ3n) is 6.21. The van der Waals surface area contributed by atoms with Gasteiger partial charge in [0.2, 0.25) is 0 Å². The highest BCUT2D eigenvalue weighted by Gasteiger charge is 2.29. The Balaban J connectivity index is 1.22. The standard InChI is InChI=1S/C26H26IN3O2/c27-19-13-18(14-20(15-19)30-11-9-28-10-12-30)16-29-26(31)32-17-25-23-7-3-1-5-21(23)22-6-2-4-8-24(22)25/h1-8,13-15,25,28H,9-12,16-17H2,(H,29,31). The number of hydrogen-bond acceptors (Lipinski definition) is 4. The third-order valence-corrected chi connectivity index (χ3v) is 6.83. The molecule has 1 fully saturated rings. The molecule has 3 aromatic rings. The second-order valence-corrected chi connectivity index (χ2v) is 9.48. The van der Waals surface area contributed by atoms with Crippen molar-refractivity contribution in [3.63, 3.8) is 0 Å². The van der Waals surface area contributed by atoms with Gasteiger partial charge in [-0.05, 0) is 68.6 Å². The molecule has 164 valence electrons. The van der Waals surface area contributed by atoms with Crippen LogP contribution in [-0.4, -0.2) is 38.9 Å². The van der Waals surface area contributed by atoms with Gasteiger partial charge in [0, 0.05) is 47.9 Å². The number of alkyl carbamates (subject to hydrolysis) is 1. The van der Waals surface area contributed by atoms with Gasteiger partial charge in [0.15, 0.2) is 0 Å². The summed E-state index contributed by atoms with van der Waals surface area (Å²) < 4.78 is 6.84. The third kappa shape index (κ3) is 4.47. The molecule has 0 saturated carbocycles. The van der Waals surface area contributed by atoms with E-state index in [1.807, 2.05) is 12.1 Å². The molecule has 0 unspecified atom stereocenters. The number of hydrogen-bond donors (Lipinski definition) is 2. The fourth-order valence-electron chi connectivity index (χ4n) is 4.66. The van der Waals surface area contributed by atoms with E-state index in [1.54, 1.807) is 0 Å². The highest BCUT2D eigenvalue weighted by molar-refractivity contribution is 14.1. The van der Waals surface area contributed by atoms with Crippen LogP contribution in [0.2, 0.25) is 0 Å². The number of halogens is 1. The number of amides is 1. The van der Waals surface area contributed by atoms with Crippen molar-refractivity contribution in [1.82, 2.24) is 10.6 Å². The molecule has 2 aliphatic rings. The van der Waals surface area contributed by atoms with Crippen LogP contribution < -0.4 is 15.5 Å². The molecular formula is C26H26IN3O2. The lowest BCUT2D eigenvalue weighted by Gasteiger charge is -2.30. The number of carbonyl (C=O) groups excluding carboxylic acids is 1. The van der Waals surface area contributed by atoms with Crippen molar-refractivity contribution < 1.29 is 9.53 Å². The minimum absolute atomic E-state index is 0.0742. The van der Waals surface area contributed by atoms with E-state index in [4.69, 9.17) is 4.74 Å². The maximum atomic E-state index is 12.5. The largest absolute Gasteiger partial charge is 0.449 e. The van der Waals surface area contributed by atoms with Gasteiger partial charge in [-0.15, -0.1) is 0 Å². The average Bonchev–Trinajstić information content (AvgIpc) is 3.15. The number of piperazine rings is 1. The molecule has 0 spiro atoms. The van der Waals surface area contributed by atoms with Crippen LogP contribution in [-0.2, 0) is 11.3 Å². The van der Waals surface area contributed by atoms with Crippen LogP contribution in [0.4, 0.5) is 10.5 Å². The summed E-state index contributed by atoms with van der Waals surface area (Å²) in [6.07, 6.45) is -0.380. The Hall–Kier alpha value is -2.58. The van der Waals surface area contributed by atoms with Crippen LogP contribution in [0.3, 0.4) is 0 Å².